The van der Waals surface area contributed by atoms with Crippen LogP contribution in [0, 0.1) is 35.5 Å². The van der Waals surface area contributed by atoms with Gasteiger partial charge in [-0.1, -0.05) is 34.1 Å². The minimum absolute atomic E-state index is 0.100. The van der Waals surface area contributed by atoms with Gasteiger partial charge in [0.2, 0.25) is 5.90 Å². The summed E-state index contributed by atoms with van der Waals surface area (Å²) in [7, 11) is 0. The molecule has 1 aliphatic rings. The van der Waals surface area contributed by atoms with Gasteiger partial charge in [-0.15, -0.1) is 5.10 Å². The lowest BCUT2D eigenvalue weighted by Crippen LogP contribution is -2.44. The van der Waals surface area contributed by atoms with Gasteiger partial charge in [0.1, 0.15) is 23.6 Å². The van der Waals surface area contributed by atoms with Gasteiger partial charge in [0.25, 0.3) is 0 Å². The molecule has 0 aliphatic heterocycles. The number of primary amides is 1. The zero-order valence-corrected chi connectivity index (χ0v) is 20.3. The lowest BCUT2D eigenvalue weighted by Gasteiger charge is -2.38. The van der Waals surface area contributed by atoms with Crippen molar-refractivity contribution in [3.05, 3.63) is 0 Å². The highest BCUT2D eigenvalue weighted by atomic mass is 16.5. The van der Waals surface area contributed by atoms with Crippen molar-refractivity contribution in [1.29, 1.82) is 0 Å². The predicted molar refractivity (Wildman–Crippen MR) is 121 cm³/mol. The predicted octanol–water partition coefficient (Wildman–Crippen LogP) is 3.06. The van der Waals surface area contributed by atoms with Crippen molar-refractivity contribution in [2.24, 2.45) is 46.3 Å². The molecular formula is C23H39N3O6. The van der Waals surface area contributed by atoms with E-state index >= 15 is 0 Å². The summed E-state index contributed by atoms with van der Waals surface area (Å²) in [6.07, 6.45) is 2.52. The van der Waals surface area contributed by atoms with E-state index in [9.17, 15) is 19.2 Å². The molecule has 9 heteroatoms. The van der Waals surface area contributed by atoms with E-state index in [1.165, 1.54) is 13.8 Å². The molecule has 0 aromatic rings. The van der Waals surface area contributed by atoms with Crippen LogP contribution in [0.25, 0.3) is 0 Å². The van der Waals surface area contributed by atoms with Crippen LogP contribution in [0.5, 0.6) is 0 Å². The van der Waals surface area contributed by atoms with Gasteiger partial charge in [-0.05, 0) is 57.3 Å². The van der Waals surface area contributed by atoms with Crippen LogP contribution in [-0.4, -0.2) is 42.2 Å². The first-order valence-electron chi connectivity index (χ1n) is 11.4. The number of hydrazone groups is 1. The van der Waals surface area contributed by atoms with Crippen LogP contribution in [0.15, 0.2) is 5.10 Å². The van der Waals surface area contributed by atoms with Crippen LogP contribution >= 0.6 is 0 Å². The van der Waals surface area contributed by atoms with Crippen molar-refractivity contribution >= 4 is 29.5 Å². The van der Waals surface area contributed by atoms with Crippen molar-refractivity contribution in [2.45, 2.75) is 73.8 Å². The fraction of sp³-hybridized carbons (Fsp3) is 0.783. The highest BCUT2D eigenvalue weighted by Gasteiger charge is 2.43. The second kappa shape index (κ2) is 12.6. The second-order valence-electron chi connectivity index (χ2n) is 9.20. The Morgan fingerprint density at radius 1 is 1.06 bits per heavy atom. The third-order valence-electron chi connectivity index (χ3n) is 6.24. The van der Waals surface area contributed by atoms with Crippen LogP contribution in [-0.2, 0) is 23.9 Å². The van der Waals surface area contributed by atoms with Crippen molar-refractivity contribution in [2.75, 3.05) is 6.61 Å². The maximum atomic E-state index is 13.2. The van der Waals surface area contributed by atoms with Crippen LogP contribution in [0.1, 0.15) is 67.7 Å². The molecule has 6 atom stereocenters. The summed E-state index contributed by atoms with van der Waals surface area (Å²) in [5, 5.41) is 3.80. The molecule has 0 radical (unpaired) electrons. The average molecular weight is 454 g/mol. The number of carbonyl (C=O) groups is 4. The van der Waals surface area contributed by atoms with E-state index in [1.807, 2.05) is 0 Å². The maximum absolute atomic E-state index is 13.2. The van der Waals surface area contributed by atoms with E-state index in [0.717, 1.165) is 19.3 Å². The first kappa shape index (κ1) is 27.6. The molecule has 0 bridgehead atoms. The number of nitrogens with two attached hydrogens (primary N) is 1. The monoisotopic (exact) mass is 453 g/mol. The Labute approximate surface area is 190 Å². The average Bonchev–Trinajstić information content (AvgIpc) is 2.65. The van der Waals surface area contributed by atoms with Gasteiger partial charge in [-0.25, -0.2) is 10.2 Å². The molecule has 0 spiro atoms. The minimum atomic E-state index is -1.17. The van der Waals surface area contributed by atoms with Crippen LogP contribution in [0.3, 0.4) is 0 Å². The fourth-order valence-electron chi connectivity index (χ4n) is 4.63. The Morgan fingerprint density at radius 2 is 1.66 bits per heavy atom. The normalized spacial score (nSPS) is 24.2. The third-order valence-corrected chi connectivity index (χ3v) is 6.24. The first-order chi connectivity index (χ1) is 14.9. The van der Waals surface area contributed by atoms with Crippen molar-refractivity contribution < 1.29 is 28.7 Å². The van der Waals surface area contributed by atoms with E-state index < -0.39 is 35.5 Å². The van der Waals surface area contributed by atoms with Crippen LogP contribution < -0.4 is 11.2 Å². The maximum Gasteiger partial charge on any atom is 0.332 e. The number of Topliss-reactive ketones (excluding diaryl/α,β-unsaturated/α-hetero) is 2. The lowest BCUT2D eigenvalue weighted by molar-refractivity contribution is -0.165. The molecule has 0 unspecified atom stereocenters. The highest BCUT2D eigenvalue weighted by Crippen LogP contribution is 2.36. The van der Waals surface area contributed by atoms with E-state index in [0.29, 0.717) is 11.8 Å². The van der Waals surface area contributed by atoms with E-state index in [1.54, 1.807) is 13.8 Å². The lowest BCUT2D eigenvalue weighted by atomic mass is 9.75. The molecule has 2 amide bonds. The molecule has 182 valence electrons. The molecule has 1 aliphatic carbocycles. The van der Waals surface area contributed by atoms with E-state index in [4.69, 9.17) is 15.2 Å². The summed E-state index contributed by atoms with van der Waals surface area (Å²) in [5.41, 5.74) is 7.13. The number of urea groups is 1. The van der Waals surface area contributed by atoms with Crippen molar-refractivity contribution in [3.63, 3.8) is 0 Å². The summed E-state index contributed by atoms with van der Waals surface area (Å²) in [4.78, 5) is 49.3. The minimum Gasteiger partial charge on any atom is -0.479 e. The molecule has 9 nitrogen and oxygen atoms in total. The number of hydrogen-bond donors (Lipinski definition) is 2. The molecule has 32 heavy (non-hydrogen) atoms. The van der Waals surface area contributed by atoms with Crippen LogP contribution in [0.2, 0.25) is 0 Å². The summed E-state index contributed by atoms with van der Waals surface area (Å²) >= 11 is 0. The van der Waals surface area contributed by atoms with E-state index in [-0.39, 0.29) is 30.3 Å². The molecule has 0 heterocycles. The molecule has 0 aromatic heterocycles. The number of rotatable bonds is 10. The number of carbonyl (C=O) groups excluding carboxylic acids is 4. The smallest absolute Gasteiger partial charge is 0.332 e. The summed E-state index contributed by atoms with van der Waals surface area (Å²) in [6, 6.07) is -0.925. The van der Waals surface area contributed by atoms with Gasteiger partial charge >= 0.3 is 12.0 Å². The van der Waals surface area contributed by atoms with Gasteiger partial charge in [0.15, 0.2) is 0 Å². The molecule has 1 fully saturated rings. The quantitative estimate of drug-likeness (QED) is 0.171. The molecule has 3 N–H and O–H groups in total. The molecular weight excluding hydrogens is 414 g/mol. The van der Waals surface area contributed by atoms with E-state index in [2.05, 4.69) is 31.3 Å². The Hall–Kier alpha value is -2.45. The summed E-state index contributed by atoms with van der Waals surface area (Å²) in [5.74, 6) is -3.51. The van der Waals surface area contributed by atoms with Gasteiger partial charge in [-0.3, -0.25) is 14.4 Å². The number of amides is 2. The Kier molecular flexibility index (Phi) is 10.8. The zero-order chi connectivity index (χ0) is 24.6. The molecule has 0 aromatic carbocycles. The fourth-order valence-corrected chi connectivity index (χ4v) is 4.63. The first-order valence-corrected chi connectivity index (χ1v) is 11.4. The zero-order valence-electron chi connectivity index (χ0n) is 20.3. The Balaban J connectivity index is 3.21. The largest absolute Gasteiger partial charge is 0.479 e. The van der Waals surface area contributed by atoms with Gasteiger partial charge in [-0.2, -0.15) is 0 Å². The van der Waals surface area contributed by atoms with Crippen molar-refractivity contribution in [1.82, 2.24) is 5.43 Å². The second-order valence-corrected chi connectivity index (χ2v) is 9.20. The SMILES string of the molecule is CCO/C(=N/NC(N)=O)[C@@H](C(C)=O)[C@H](C)[C@@H](C(C)=O)C(=O)O[C@@H]1C[C@H](C)CC[C@@H]1C(C)C. The Morgan fingerprint density at radius 3 is 2.12 bits per heavy atom. The van der Waals surface area contributed by atoms with Crippen LogP contribution in [0.4, 0.5) is 4.79 Å². The molecule has 0 saturated heterocycles. The number of ether oxygens (including phenoxy) is 2. The van der Waals surface area contributed by atoms with Crippen molar-refractivity contribution in [3.8, 4) is 0 Å². The standard InChI is InChI=1S/C23H39N3O6/c1-8-31-21(25-26-23(24)30)19(15(6)27)14(5)20(16(7)28)22(29)32-18-11-13(4)9-10-17(18)12(2)3/h12-14,17-20H,8-11H2,1-7H3,(H3,24,26,30)/b25-21+/t13-,14+,17-,18-,19-,20+/m1/s1. The number of nitrogens with one attached hydrogen (secondary N) is 1. The third kappa shape index (κ3) is 7.60. The van der Waals surface area contributed by atoms with Gasteiger partial charge < -0.3 is 15.2 Å². The summed E-state index contributed by atoms with van der Waals surface area (Å²) < 4.78 is 11.4. The molecule has 1 rings (SSSR count). The Bertz CT molecular complexity index is 721. The number of nitrogens with zero attached hydrogens (tertiary/aromatic N) is 1. The summed E-state index contributed by atoms with van der Waals surface area (Å²) in [6.45, 7) is 12.4. The topological polar surface area (TPSA) is 137 Å². The number of hydrogen-bond acceptors (Lipinski definition) is 7. The highest BCUT2D eigenvalue weighted by molar-refractivity contribution is 6.04. The number of esters is 1. The van der Waals surface area contributed by atoms with Gasteiger partial charge in [0, 0.05) is 0 Å². The van der Waals surface area contributed by atoms with Gasteiger partial charge in [0.05, 0.1) is 12.5 Å². The molecule has 1 saturated carbocycles. The number of ketones is 2.